The highest BCUT2D eigenvalue weighted by Gasteiger charge is 2.37. The Morgan fingerprint density at radius 3 is 2.59 bits per heavy atom. The molecule has 0 spiro atoms. The van der Waals surface area contributed by atoms with Crippen LogP contribution >= 0.6 is 0 Å². The van der Waals surface area contributed by atoms with Crippen molar-refractivity contribution in [3.63, 3.8) is 0 Å². The second-order valence-corrected chi connectivity index (χ2v) is 5.21. The summed E-state index contributed by atoms with van der Waals surface area (Å²) in [6.45, 7) is 7.67. The van der Waals surface area contributed by atoms with Gasteiger partial charge in [0.05, 0.1) is 6.10 Å². The van der Waals surface area contributed by atoms with Gasteiger partial charge in [-0.1, -0.05) is 6.92 Å². The summed E-state index contributed by atoms with van der Waals surface area (Å²) in [5.41, 5.74) is 6.20. The smallest absolute Gasteiger partial charge is 0.0703 e. The molecule has 2 fully saturated rings. The standard InChI is InChI=1S/C13H26N2O2/c1-2-15(10-12-4-3-7-17-12)13(11-14)5-8-16-9-6-13/h12H,2-11,14H2,1H3. The fraction of sp³-hybridized carbons (Fsp3) is 1.00. The topological polar surface area (TPSA) is 47.7 Å². The minimum absolute atomic E-state index is 0.152. The molecule has 0 aromatic rings. The monoisotopic (exact) mass is 242 g/mol. The molecule has 0 radical (unpaired) electrons. The second kappa shape index (κ2) is 6.14. The molecule has 2 heterocycles. The van der Waals surface area contributed by atoms with Crippen molar-refractivity contribution in [1.82, 2.24) is 4.90 Å². The van der Waals surface area contributed by atoms with E-state index in [-0.39, 0.29) is 5.54 Å². The van der Waals surface area contributed by atoms with Crippen LogP contribution in [0.2, 0.25) is 0 Å². The first-order valence-corrected chi connectivity index (χ1v) is 6.95. The summed E-state index contributed by atoms with van der Waals surface area (Å²) < 4.78 is 11.2. The Hall–Kier alpha value is -0.160. The summed E-state index contributed by atoms with van der Waals surface area (Å²) in [6.07, 6.45) is 4.95. The van der Waals surface area contributed by atoms with Gasteiger partial charge in [0.15, 0.2) is 0 Å². The summed E-state index contributed by atoms with van der Waals surface area (Å²) in [6, 6.07) is 0. The van der Waals surface area contributed by atoms with E-state index in [0.29, 0.717) is 6.10 Å². The van der Waals surface area contributed by atoms with E-state index in [4.69, 9.17) is 15.2 Å². The molecular weight excluding hydrogens is 216 g/mol. The molecule has 0 aliphatic carbocycles. The van der Waals surface area contributed by atoms with Crippen LogP contribution in [-0.2, 0) is 9.47 Å². The largest absolute Gasteiger partial charge is 0.381 e. The van der Waals surface area contributed by atoms with Crippen molar-refractivity contribution in [2.24, 2.45) is 5.73 Å². The average Bonchev–Trinajstić information content (AvgIpc) is 2.89. The summed E-state index contributed by atoms with van der Waals surface area (Å²) in [5.74, 6) is 0. The fourth-order valence-electron chi connectivity index (χ4n) is 3.09. The molecule has 1 atom stereocenters. The van der Waals surface area contributed by atoms with Gasteiger partial charge in [0.1, 0.15) is 0 Å². The van der Waals surface area contributed by atoms with Gasteiger partial charge in [0.2, 0.25) is 0 Å². The first-order chi connectivity index (χ1) is 8.30. The summed E-state index contributed by atoms with van der Waals surface area (Å²) in [4.78, 5) is 2.53. The molecular formula is C13H26N2O2. The van der Waals surface area contributed by atoms with Gasteiger partial charge in [-0.05, 0) is 32.2 Å². The van der Waals surface area contributed by atoms with Gasteiger partial charge >= 0.3 is 0 Å². The Morgan fingerprint density at radius 1 is 1.29 bits per heavy atom. The first kappa shape index (κ1) is 13.3. The third-order valence-corrected chi connectivity index (χ3v) is 4.30. The summed E-state index contributed by atoms with van der Waals surface area (Å²) in [7, 11) is 0. The van der Waals surface area contributed by atoms with Crippen LogP contribution in [0.15, 0.2) is 0 Å². The van der Waals surface area contributed by atoms with Crippen LogP contribution in [0, 0.1) is 0 Å². The average molecular weight is 242 g/mol. The van der Waals surface area contributed by atoms with Crippen molar-refractivity contribution >= 4 is 0 Å². The lowest BCUT2D eigenvalue weighted by atomic mass is 9.87. The molecule has 0 aromatic carbocycles. The molecule has 2 rings (SSSR count). The SMILES string of the molecule is CCN(CC1CCCO1)C1(CN)CCOCC1. The van der Waals surface area contributed by atoms with E-state index in [2.05, 4.69) is 11.8 Å². The van der Waals surface area contributed by atoms with E-state index < -0.39 is 0 Å². The fourth-order valence-corrected chi connectivity index (χ4v) is 3.09. The Morgan fingerprint density at radius 2 is 2.06 bits per heavy atom. The summed E-state index contributed by atoms with van der Waals surface area (Å²) in [5, 5.41) is 0. The van der Waals surface area contributed by atoms with Crippen molar-refractivity contribution in [2.75, 3.05) is 39.5 Å². The zero-order chi connectivity index (χ0) is 12.1. The van der Waals surface area contributed by atoms with Crippen LogP contribution in [0.3, 0.4) is 0 Å². The number of hydrogen-bond donors (Lipinski definition) is 1. The van der Waals surface area contributed by atoms with Gasteiger partial charge in [-0.3, -0.25) is 4.90 Å². The van der Waals surface area contributed by atoms with Crippen LogP contribution in [0.25, 0.3) is 0 Å². The predicted molar refractivity (Wildman–Crippen MR) is 68.1 cm³/mol. The van der Waals surface area contributed by atoms with Crippen LogP contribution in [0.1, 0.15) is 32.6 Å². The molecule has 0 saturated carbocycles. The lowest BCUT2D eigenvalue weighted by Gasteiger charge is -2.46. The van der Waals surface area contributed by atoms with Crippen LogP contribution in [-0.4, -0.2) is 56.0 Å². The van der Waals surface area contributed by atoms with E-state index in [1.807, 2.05) is 0 Å². The number of nitrogens with zero attached hydrogens (tertiary/aromatic N) is 1. The van der Waals surface area contributed by atoms with Crippen molar-refractivity contribution in [2.45, 2.75) is 44.2 Å². The van der Waals surface area contributed by atoms with Gasteiger partial charge in [-0.15, -0.1) is 0 Å². The molecule has 2 aliphatic rings. The molecule has 2 saturated heterocycles. The number of nitrogens with two attached hydrogens (primary N) is 1. The molecule has 100 valence electrons. The van der Waals surface area contributed by atoms with Crippen molar-refractivity contribution in [1.29, 1.82) is 0 Å². The molecule has 2 aliphatic heterocycles. The maximum Gasteiger partial charge on any atom is 0.0703 e. The maximum atomic E-state index is 6.05. The molecule has 0 amide bonds. The Balaban J connectivity index is 1.97. The van der Waals surface area contributed by atoms with Crippen molar-refractivity contribution < 1.29 is 9.47 Å². The van der Waals surface area contributed by atoms with Crippen molar-refractivity contribution in [3.8, 4) is 0 Å². The van der Waals surface area contributed by atoms with Crippen molar-refractivity contribution in [3.05, 3.63) is 0 Å². The number of rotatable bonds is 5. The lowest BCUT2D eigenvalue weighted by Crippen LogP contribution is -2.58. The highest BCUT2D eigenvalue weighted by Crippen LogP contribution is 2.28. The third kappa shape index (κ3) is 2.99. The minimum atomic E-state index is 0.152. The zero-order valence-electron chi connectivity index (χ0n) is 11.0. The van der Waals surface area contributed by atoms with Crippen LogP contribution in [0.4, 0.5) is 0 Å². The number of ether oxygens (including phenoxy) is 2. The minimum Gasteiger partial charge on any atom is -0.381 e. The molecule has 4 nitrogen and oxygen atoms in total. The molecule has 1 unspecified atom stereocenters. The highest BCUT2D eigenvalue weighted by atomic mass is 16.5. The first-order valence-electron chi connectivity index (χ1n) is 6.95. The third-order valence-electron chi connectivity index (χ3n) is 4.30. The van der Waals surface area contributed by atoms with E-state index in [0.717, 1.165) is 52.3 Å². The molecule has 0 aromatic heterocycles. The van der Waals surface area contributed by atoms with Gasteiger partial charge in [0.25, 0.3) is 0 Å². The quantitative estimate of drug-likeness (QED) is 0.781. The second-order valence-electron chi connectivity index (χ2n) is 5.21. The van der Waals surface area contributed by atoms with Crippen LogP contribution in [0.5, 0.6) is 0 Å². The van der Waals surface area contributed by atoms with Gasteiger partial charge in [-0.2, -0.15) is 0 Å². The maximum absolute atomic E-state index is 6.05. The summed E-state index contributed by atoms with van der Waals surface area (Å²) >= 11 is 0. The van der Waals surface area contributed by atoms with E-state index in [9.17, 15) is 0 Å². The Labute approximate surface area is 104 Å². The lowest BCUT2D eigenvalue weighted by molar-refractivity contribution is -0.0416. The molecule has 17 heavy (non-hydrogen) atoms. The normalized spacial score (nSPS) is 28.8. The predicted octanol–water partition coefficient (Wildman–Crippen LogP) is 0.995. The Bertz CT molecular complexity index is 223. The molecule has 0 bridgehead atoms. The van der Waals surface area contributed by atoms with Gasteiger partial charge in [0, 0.05) is 38.4 Å². The molecule has 4 heteroatoms. The number of likely N-dealkylation sites (N-methyl/N-ethyl adjacent to an activating group) is 1. The van der Waals surface area contributed by atoms with E-state index in [1.54, 1.807) is 0 Å². The van der Waals surface area contributed by atoms with Crippen LogP contribution < -0.4 is 5.73 Å². The molecule has 2 N–H and O–H groups in total. The Kier molecular flexibility index (Phi) is 4.79. The van der Waals surface area contributed by atoms with E-state index in [1.165, 1.54) is 12.8 Å². The van der Waals surface area contributed by atoms with Gasteiger partial charge < -0.3 is 15.2 Å². The number of hydrogen-bond acceptors (Lipinski definition) is 4. The highest BCUT2D eigenvalue weighted by molar-refractivity contribution is 4.94. The van der Waals surface area contributed by atoms with E-state index >= 15 is 0 Å². The zero-order valence-corrected chi connectivity index (χ0v) is 11.0. The van der Waals surface area contributed by atoms with Gasteiger partial charge in [-0.25, -0.2) is 0 Å².